The van der Waals surface area contributed by atoms with Crippen molar-refractivity contribution in [1.82, 2.24) is 24.5 Å². The smallest absolute Gasteiger partial charge is 0.254 e. The Morgan fingerprint density at radius 1 is 1.31 bits per heavy atom. The molecule has 0 spiro atoms. The van der Waals surface area contributed by atoms with E-state index in [1.807, 2.05) is 44.2 Å². The molecule has 2 aromatic heterocycles. The minimum Gasteiger partial charge on any atom is -0.328 e. The summed E-state index contributed by atoms with van der Waals surface area (Å²) in [6.45, 7) is 3.94. The van der Waals surface area contributed by atoms with E-state index in [0.717, 1.165) is 17.0 Å². The van der Waals surface area contributed by atoms with Gasteiger partial charge in [0.05, 0.1) is 6.07 Å². The molecule has 0 saturated heterocycles. The fraction of sp³-hybridized carbons (Fsp3) is 0.278. The Labute approximate surface area is 155 Å². The second-order valence-corrected chi connectivity index (χ2v) is 6.85. The Bertz CT molecular complexity index is 1010. The fourth-order valence-corrected chi connectivity index (χ4v) is 3.41. The quantitative estimate of drug-likeness (QED) is 0.509. The number of benzene rings is 1. The van der Waals surface area contributed by atoms with E-state index in [2.05, 4.69) is 15.1 Å². The molecule has 1 amide bonds. The molecule has 1 aromatic carbocycles. The second kappa shape index (κ2) is 7.54. The molecule has 0 atom stereocenters. The van der Waals surface area contributed by atoms with Gasteiger partial charge in [0.1, 0.15) is 6.54 Å². The van der Waals surface area contributed by atoms with E-state index in [0.29, 0.717) is 22.3 Å². The van der Waals surface area contributed by atoms with Gasteiger partial charge >= 0.3 is 0 Å². The highest BCUT2D eigenvalue weighted by molar-refractivity contribution is 7.98. The van der Waals surface area contributed by atoms with Gasteiger partial charge in [-0.15, -0.1) is 5.10 Å². The zero-order chi connectivity index (χ0) is 18.7. The van der Waals surface area contributed by atoms with Crippen LogP contribution >= 0.6 is 11.8 Å². The highest BCUT2D eigenvalue weighted by atomic mass is 32.2. The normalized spacial score (nSPS) is 10.7. The van der Waals surface area contributed by atoms with E-state index in [-0.39, 0.29) is 12.5 Å². The Morgan fingerprint density at radius 3 is 2.85 bits per heavy atom. The third-order valence-electron chi connectivity index (χ3n) is 3.86. The summed E-state index contributed by atoms with van der Waals surface area (Å²) < 4.78 is 1.72. The number of carbonyl (C=O) groups excluding carboxylic acids is 1. The molecular weight excluding hydrogens is 348 g/mol. The van der Waals surface area contributed by atoms with Crippen molar-refractivity contribution in [2.45, 2.75) is 24.8 Å². The summed E-state index contributed by atoms with van der Waals surface area (Å²) in [5.41, 5.74) is 3.34. The van der Waals surface area contributed by atoms with Gasteiger partial charge in [-0.2, -0.15) is 10.2 Å². The molecular formula is C18H18N6OS. The van der Waals surface area contributed by atoms with Crippen LogP contribution in [0, 0.1) is 25.2 Å². The van der Waals surface area contributed by atoms with Crippen LogP contribution in [0.4, 0.5) is 0 Å². The van der Waals surface area contributed by atoms with Crippen molar-refractivity contribution in [3.05, 3.63) is 52.8 Å². The van der Waals surface area contributed by atoms with Crippen LogP contribution in [0.2, 0.25) is 0 Å². The lowest BCUT2D eigenvalue weighted by Gasteiger charge is -2.15. The molecule has 2 heterocycles. The van der Waals surface area contributed by atoms with E-state index in [4.69, 9.17) is 5.26 Å². The number of hydrogen-bond donors (Lipinski definition) is 0. The summed E-state index contributed by atoms with van der Waals surface area (Å²) in [6.07, 6.45) is 0. The molecule has 132 valence electrons. The number of nitriles is 1. The van der Waals surface area contributed by atoms with Crippen LogP contribution in [0.15, 0.2) is 35.5 Å². The van der Waals surface area contributed by atoms with Gasteiger partial charge in [0.25, 0.3) is 11.7 Å². The Hall–Kier alpha value is -2.92. The minimum absolute atomic E-state index is 0.0542. The van der Waals surface area contributed by atoms with E-state index in [1.165, 1.54) is 16.7 Å². The van der Waals surface area contributed by atoms with Crippen molar-refractivity contribution >= 4 is 23.4 Å². The molecule has 0 fully saturated rings. The minimum atomic E-state index is -0.168. The van der Waals surface area contributed by atoms with Gasteiger partial charge in [0.2, 0.25) is 5.16 Å². The molecule has 0 unspecified atom stereocenters. The van der Waals surface area contributed by atoms with Crippen LogP contribution in [0.25, 0.3) is 5.78 Å². The van der Waals surface area contributed by atoms with Gasteiger partial charge in [-0.25, -0.2) is 9.50 Å². The van der Waals surface area contributed by atoms with E-state index in [9.17, 15) is 4.79 Å². The number of hydrogen-bond acceptors (Lipinski definition) is 6. The molecule has 0 N–H and O–H groups in total. The van der Waals surface area contributed by atoms with Gasteiger partial charge in [0, 0.05) is 29.8 Å². The number of aryl methyl sites for hydroxylation is 2. The van der Waals surface area contributed by atoms with Crippen LogP contribution in [0.5, 0.6) is 0 Å². The lowest BCUT2D eigenvalue weighted by atomic mass is 10.1. The first-order chi connectivity index (χ1) is 12.5. The topological polar surface area (TPSA) is 87.2 Å². The Balaban J connectivity index is 1.81. The average Bonchev–Trinajstić information content (AvgIpc) is 3.03. The maximum absolute atomic E-state index is 12.5. The monoisotopic (exact) mass is 366 g/mol. The fourth-order valence-electron chi connectivity index (χ4n) is 2.59. The summed E-state index contributed by atoms with van der Waals surface area (Å²) in [5.74, 6) is 0.957. The standard InChI is InChI=1S/C18H18N6OS/c1-12-10-13(2)24-17(20-12)21-18(22-24)26-11-14-6-4-5-7-15(14)16(25)23(3)9-8-19/h4-7,10H,9,11H2,1-3H3. The van der Waals surface area contributed by atoms with E-state index < -0.39 is 0 Å². The number of nitrogens with zero attached hydrogens (tertiary/aromatic N) is 6. The molecule has 3 aromatic rings. The zero-order valence-electron chi connectivity index (χ0n) is 14.8. The van der Waals surface area contributed by atoms with Gasteiger partial charge in [-0.05, 0) is 31.5 Å². The van der Waals surface area contributed by atoms with Crippen molar-refractivity contribution in [3.8, 4) is 6.07 Å². The average molecular weight is 366 g/mol. The van der Waals surface area contributed by atoms with Crippen molar-refractivity contribution in [1.29, 1.82) is 5.26 Å². The molecule has 26 heavy (non-hydrogen) atoms. The number of fused-ring (bicyclic) bond motifs is 1. The predicted octanol–water partition coefficient (Wildman–Crippen LogP) is 2.63. The molecule has 0 radical (unpaired) electrons. The highest BCUT2D eigenvalue weighted by Crippen LogP contribution is 2.23. The van der Waals surface area contributed by atoms with E-state index >= 15 is 0 Å². The number of amides is 1. The highest BCUT2D eigenvalue weighted by Gasteiger charge is 2.16. The predicted molar refractivity (Wildman–Crippen MR) is 98.8 cm³/mol. The molecule has 0 saturated carbocycles. The van der Waals surface area contributed by atoms with Crippen molar-refractivity contribution < 1.29 is 4.79 Å². The lowest BCUT2D eigenvalue weighted by molar-refractivity contribution is 0.0811. The summed E-state index contributed by atoms with van der Waals surface area (Å²) in [5, 5.41) is 13.9. The van der Waals surface area contributed by atoms with Gasteiger partial charge < -0.3 is 4.90 Å². The number of carbonyl (C=O) groups is 1. The SMILES string of the molecule is Cc1cc(C)n2nc(SCc3ccccc3C(=O)N(C)CC#N)nc2n1. The molecule has 8 heteroatoms. The summed E-state index contributed by atoms with van der Waals surface area (Å²) in [4.78, 5) is 22.8. The Kier molecular flexibility index (Phi) is 5.19. The molecule has 3 rings (SSSR count). The molecule has 0 aliphatic heterocycles. The first-order valence-corrected chi connectivity index (χ1v) is 9.02. The largest absolute Gasteiger partial charge is 0.328 e. The third kappa shape index (κ3) is 3.68. The van der Waals surface area contributed by atoms with Crippen LogP contribution in [0.3, 0.4) is 0 Å². The molecule has 0 bridgehead atoms. The maximum atomic E-state index is 12.5. The van der Waals surface area contributed by atoms with Gasteiger partial charge in [0.15, 0.2) is 0 Å². The van der Waals surface area contributed by atoms with Crippen LogP contribution in [-0.2, 0) is 5.75 Å². The zero-order valence-corrected chi connectivity index (χ0v) is 15.6. The van der Waals surface area contributed by atoms with Crippen molar-refractivity contribution in [2.75, 3.05) is 13.6 Å². The summed E-state index contributed by atoms with van der Waals surface area (Å²) in [6, 6.07) is 11.3. The first-order valence-electron chi connectivity index (χ1n) is 8.03. The van der Waals surface area contributed by atoms with Crippen molar-refractivity contribution in [3.63, 3.8) is 0 Å². The first kappa shape index (κ1) is 17.9. The van der Waals surface area contributed by atoms with Gasteiger partial charge in [-0.3, -0.25) is 4.79 Å². The Morgan fingerprint density at radius 2 is 2.08 bits per heavy atom. The molecule has 0 aliphatic rings. The van der Waals surface area contributed by atoms with Gasteiger partial charge in [-0.1, -0.05) is 30.0 Å². The molecule has 7 nitrogen and oxygen atoms in total. The van der Waals surface area contributed by atoms with Crippen LogP contribution < -0.4 is 0 Å². The number of aromatic nitrogens is 4. The molecule has 0 aliphatic carbocycles. The third-order valence-corrected chi connectivity index (χ3v) is 4.74. The summed E-state index contributed by atoms with van der Waals surface area (Å²) >= 11 is 1.45. The maximum Gasteiger partial charge on any atom is 0.254 e. The summed E-state index contributed by atoms with van der Waals surface area (Å²) in [7, 11) is 1.62. The van der Waals surface area contributed by atoms with Crippen molar-refractivity contribution in [2.24, 2.45) is 0 Å². The van der Waals surface area contributed by atoms with Crippen LogP contribution in [0.1, 0.15) is 27.3 Å². The van der Waals surface area contributed by atoms with E-state index in [1.54, 1.807) is 17.6 Å². The lowest BCUT2D eigenvalue weighted by Crippen LogP contribution is -2.27. The second-order valence-electron chi connectivity index (χ2n) is 5.91. The number of rotatable bonds is 5. The number of thioether (sulfide) groups is 1. The van der Waals surface area contributed by atoms with Crippen LogP contribution in [-0.4, -0.2) is 44.0 Å².